The largest absolute Gasteiger partial charge is 0.381 e. The predicted octanol–water partition coefficient (Wildman–Crippen LogP) is 1.06. The van der Waals surface area contributed by atoms with E-state index in [0.29, 0.717) is 5.92 Å². The van der Waals surface area contributed by atoms with E-state index >= 15 is 0 Å². The number of nitrogens with zero attached hydrogens (tertiary/aromatic N) is 2. The van der Waals surface area contributed by atoms with Crippen molar-refractivity contribution in [1.29, 1.82) is 0 Å². The molecule has 1 saturated heterocycles. The second-order valence-electron chi connectivity index (χ2n) is 4.84. The first-order valence-corrected chi connectivity index (χ1v) is 6.56. The van der Waals surface area contributed by atoms with E-state index in [2.05, 4.69) is 10.3 Å². The van der Waals surface area contributed by atoms with Crippen molar-refractivity contribution in [3.63, 3.8) is 0 Å². The van der Waals surface area contributed by atoms with Gasteiger partial charge in [-0.2, -0.15) is 0 Å². The van der Waals surface area contributed by atoms with Crippen LogP contribution in [-0.4, -0.2) is 36.3 Å². The molecule has 0 bridgehead atoms. The van der Waals surface area contributed by atoms with Crippen LogP contribution in [0.5, 0.6) is 0 Å². The van der Waals surface area contributed by atoms with Crippen LogP contribution in [0.15, 0.2) is 6.20 Å². The molecule has 1 aromatic heterocycles. The average molecular weight is 233 g/mol. The molecule has 0 aromatic carbocycles. The number of rotatable bonds is 1. The summed E-state index contributed by atoms with van der Waals surface area (Å²) in [6, 6.07) is 0. The molecule has 4 heteroatoms. The number of piperidine rings is 1. The second-order valence-corrected chi connectivity index (χ2v) is 4.84. The number of hydrogen-bond acceptors (Lipinski definition) is 4. The molecule has 2 aliphatic heterocycles. The Balaban J connectivity index is 1.83. The van der Waals surface area contributed by atoms with Gasteiger partial charge in [0.25, 0.3) is 0 Å². The summed E-state index contributed by atoms with van der Waals surface area (Å²) in [5, 5.41) is 3.38. The molecule has 4 nitrogen and oxygen atoms in total. The van der Waals surface area contributed by atoms with Crippen molar-refractivity contribution in [3.05, 3.63) is 23.3 Å². The Labute approximate surface area is 102 Å². The number of hydrogen-bond donors (Lipinski definition) is 1. The Bertz CT molecular complexity index is 388. The highest BCUT2D eigenvalue weighted by atomic mass is 16.5. The quantitative estimate of drug-likeness (QED) is 0.788. The maximum atomic E-state index is 5.48. The van der Waals surface area contributed by atoms with Crippen molar-refractivity contribution >= 4 is 0 Å². The average Bonchev–Trinajstić information content (AvgIpc) is 2.64. The first-order chi connectivity index (χ1) is 8.43. The van der Waals surface area contributed by atoms with E-state index in [0.717, 1.165) is 57.8 Å². The van der Waals surface area contributed by atoms with Gasteiger partial charge < -0.3 is 10.1 Å². The van der Waals surface area contributed by atoms with E-state index < -0.39 is 0 Å². The van der Waals surface area contributed by atoms with Crippen LogP contribution in [-0.2, 0) is 17.6 Å². The fourth-order valence-electron chi connectivity index (χ4n) is 2.61. The highest BCUT2D eigenvalue weighted by molar-refractivity contribution is 5.20. The van der Waals surface area contributed by atoms with Crippen molar-refractivity contribution < 1.29 is 4.74 Å². The summed E-state index contributed by atoms with van der Waals surface area (Å²) in [7, 11) is 0. The normalized spacial score (nSPS) is 21.9. The molecule has 3 heterocycles. The summed E-state index contributed by atoms with van der Waals surface area (Å²) in [5.74, 6) is 1.60. The lowest BCUT2D eigenvalue weighted by molar-refractivity contribution is 0.146. The van der Waals surface area contributed by atoms with Crippen LogP contribution < -0.4 is 5.32 Å². The molecule has 0 aliphatic carbocycles. The van der Waals surface area contributed by atoms with Gasteiger partial charge >= 0.3 is 0 Å². The molecular weight excluding hydrogens is 214 g/mol. The van der Waals surface area contributed by atoms with Crippen LogP contribution in [0.25, 0.3) is 0 Å². The fraction of sp³-hybridized carbons (Fsp3) is 0.692. The highest BCUT2D eigenvalue weighted by Crippen LogP contribution is 2.23. The van der Waals surface area contributed by atoms with Gasteiger partial charge in [-0.25, -0.2) is 9.97 Å². The minimum Gasteiger partial charge on any atom is -0.381 e. The summed E-state index contributed by atoms with van der Waals surface area (Å²) in [6.45, 7) is 3.79. The van der Waals surface area contributed by atoms with Gasteiger partial charge in [-0.1, -0.05) is 0 Å². The van der Waals surface area contributed by atoms with E-state index in [4.69, 9.17) is 9.72 Å². The van der Waals surface area contributed by atoms with Gasteiger partial charge in [-0.15, -0.1) is 0 Å². The molecule has 2 aliphatic rings. The van der Waals surface area contributed by atoms with Crippen molar-refractivity contribution in [3.8, 4) is 0 Å². The topological polar surface area (TPSA) is 47.0 Å². The molecule has 0 radical (unpaired) electrons. The van der Waals surface area contributed by atoms with Gasteiger partial charge in [-0.3, -0.25) is 0 Å². The zero-order chi connectivity index (χ0) is 11.5. The van der Waals surface area contributed by atoms with Gasteiger partial charge in [0.15, 0.2) is 0 Å². The molecule has 1 fully saturated rings. The molecule has 1 aromatic rings. The summed E-state index contributed by atoms with van der Waals surface area (Å²) < 4.78 is 5.48. The lowest BCUT2D eigenvalue weighted by Gasteiger charge is -2.21. The molecule has 0 saturated carbocycles. The maximum Gasteiger partial charge on any atom is 0.131 e. The Hall–Kier alpha value is -1.00. The SMILES string of the molecule is c1nc(C2CCNCC2)nc2c1CCOCC2. The summed E-state index contributed by atoms with van der Waals surface area (Å²) in [4.78, 5) is 9.34. The molecule has 0 atom stereocenters. The number of fused-ring (bicyclic) bond motifs is 1. The number of nitrogens with one attached hydrogen (secondary N) is 1. The first kappa shape index (κ1) is 11.1. The van der Waals surface area contributed by atoms with E-state index in [-0.39, 0.29) is 0 Å². The minimum atomic E-state index is 0.547. The van der Waals surface area contributed by atoms with Crippen molar-refractivity contribution in [2.75, 3.05) is 26.3 Å². The Morgan fingerprint density at radius 3 is 2.88 bits per heavy atom. The zero-order valence-corrected chi connectivity index (χ0v) is 10.1. The van der Waals surface area contributed by atoms with E-state index in [9.17, 15) is 0 Å². The molecule has 92 valence electrons. The van der Waals surface area contributed by atoms with Crippen LogP contribution >= 0.6 is 0 Å². The van der Waals surface area contributed by atoms with Crippen LogP contribution in [0.4, 0.5) is 0 Å². The van der Waals surface area contributed by atoms with Crippen molar-refractivity contribution in [2.45, 2.75) is 31.6 Å². The standard InChI is InChI=1S/C13H19N3O/c1-5-14-6-2-10(1)13-15-9-11-3-7-17-8-4-12(11)16-13/h9-10,14H,1-8H2. The lowest BCUT2D eigenvalue weighted by Crippen LogP contribution is -2.27. The molecule has 1 N–H and O–H groups in total. The van der Waals surface area contributed by atoms with Gasteiger partial charge in [0.1, 0.15) is 5.82 Å². The van der Waals surface area contributed by atoms with Gasteiger partial charge in [-0.05, 0) is 37.9 Å². The van der Waals surface area contributed by atoms with E-state index in [1.807, 2.05) is 6.20 Å². The smallest absolute Gasteiger partial charge is 0.131 e. The molecule has 17 heavy (non-hydrogen) atoms. The summed E-state index contributed by atoms with van der Waals surface area (Å²) >= 11 is 0. The Kier molecular flexibility index (Phi) is 3.34. The molecule has 0 amide bonds. The van der Waals surface area contributed by atoms with Crippen LogP contribution in [0.2, 0.25) is 0 Å². The third kappa shape index (κ3) is 2.48. The molecule has 3 rings (SSSR count). The van der Waals surface area contributed by atoms with Crippen molar-refractivity contribution in [2.24, 2.45) is 0 Å². The second kappa shape index (κ2) is 5.10. The highest BCUT2D eigenvalue weighted by Gasteiger charge is 2.19. The fourth-order valence-corrected chi connectivity index (χ4v) is 2.61. The summed E-state index contributed by atoms with van der Waals surface area (Å²) in [5.41, 5.74) is 2.49. The van der Waals surface area contributed by atoms with Gasteiger partial charge in [0.2, 0.25) is 0 Å². The van der Waals surface area contributed by atoms with Crippen LogP contribution in [0.1, 0.15) is 35.8 Å². The Morgan fingerprint density at radius 1 is 1.18 bits per heavy atom. The summed E-state index contributed by atoms with van der Waals surface area (Å²) in [6.07, 6.45) is 6.25. The zero-order valence-electron chi connectivity index (χ0n) is 10.1. The molecule has 0 spiro atoms. The first-order valence-electron chi connectivity index (χ1n) is 6.56. The Morgan fingerprint density at radius 2 is 2.00 bits per heavy atom. The van der Waals surface area contributed by atoms with E-state index in [1.54, 1.807) is 0 Å². The van der Waals surface area contributed by atoms with Crippen LogP contribution in [0, 0.1) is 0 Å². The monoisotopic (exact) mass is 233 g/mol. The van der Waals surface area contributed by atoms with Gasteiger partial charge in [0, 0.05) is 24.2 Å². The third-order valence-electron chi connectivity index (χ3n) is 3.68. The van der Waals surface area contributed by atoms with Gasteiger partial charge in [0.05, 0.1) is 13.2 Å². The van der Waals surface area contributed by atoms with Crippen molar-refractivity contribution in [1.82, 2.24) is 15.3 Å². The minimum absolute atomic E-state index is 0.547. The molecular formula is C13H19N3O. The van der Waals surface area contributed by atoms with Crippen LogP contribution in [0.3, 0.4) is 0 Å². The molecule has 0 unspecified atom stereocenters. The van der Waals surface area contributed by atoms with E-state index in [1.165, 1.54) is 11.3 Å². The number of aromatic nitrogens is 2. The maximum absolute atomic E-state index is 5.48. The number of ether oxygens (including phenoxy) is 1. The lowest BCUT2D eigenvalue weighted by atomic mass is 9.97. The third-order valence-corrected chi connectivity index (χ3v) is 3.68. The predicted molar refractivity (Wildman–Crippen MR) is 65.1 cm³/mol.